The highest BCUT2D eigenvalue weighted by atomic mass is 35.5. The molecule has 2 heterocycles. The second kappa shape index (κ2) is 9.16. The van der Waals surface area contributed by atoms with Crippen molar-refractivity contribution in [2.24, 2.45) is 0 Å². The minimum Gasteiger partial charge on any atom is -0.363 e. The number of amides is 1. The fourth-order valence-corrected chi connectivity index (χ4v) is 3.92. The smallest absolute Gasteiger partial charge is 0.363 e. The molecule has 0 spiro atoms. The Morgan fingerprint density at radius 1 is 1.24 bits per heavy atom. The molecule has 0 aliphatic carbocycles. The first kappa shape index (κ1) is 22.7. The van der Waals surface area contributed by atoms with Crippen molar-refractivity contribution in [1.82, 2.24) is 9.78 Å². The zero-order valence-electron chi connectivity index (χ0n) is 17.2. The summed E-state index contributed by atoms with van der Waals surface area (Å²) in [6, 6.07) is 14.4. The first-order chi connectivity index (χ1) is 15.7. The van der Waals surface area contributed by atoms with Gasteiger partial charge in [-0.15, -0.1) is 0 Å². The Morgan fingerprint density at radius 3 is 2.70 bits per heavy atom. The number of carbonyl (C=O) groups is 1. The van der Waals surface area contributed by atoms with Crippen molar-refractivity contribution in [2.45, 2.75) is 37.5 Å². The molecule has 1 amide bonds. The van der Waals surface area contributed by atoms with Crippen LogP contribution in [0.2, 0.25) is 5.02 Å². The summed E-state index contributed by atoms with van der Waals surface area (Å²) in [5.41, 5.74) is 1.86. The van der Waals surface area contributed by atoms with Gasteiger partial charge < -0.3 is 10.6 Å². The van der Waals surface area contributed by atoms with Crippen LogP contribution in [0.3, 0.4) is 0 Å². The number of halogens is 4. The van der Waals surface area contributed by atoms with Gasteiger partial charge in [0.05, 0.1) is 12.1 Å². The number of hydrogen-bond acceptors (Lipinski definition) is 4. The van der Waals surface area contributed by atoms with Gasteiger partial charge in [0.1, 0.15) is 5.82 Å². The van der Waals surface area contributed by atoms with Gasteiger partial charge in [-0.1, -0.05) is 35.9 Å². The maximum atomic E-state index is 13.8. The number of benzene rings is 2. The van der Waals surface area contributed by atoms with Crippen LogP contribution in [0.5, 0.6) is 0 Å². The molecule has 4 rings (SSSR count). The van der Waals surface area contributed by atoms with Crippen LogP contribution in [-0.4, -0.2) is 21.9 Å². The van der Waals surface area contributed by atoms with E-state index < -0.39 is 24.2 Å². The maximum Gasteiger partial charge on any atom is 0.410 e. The van der Waals surface area contributed by atoms with Crippen LogP contribution < -0.4 is 10.6 Å². The Morgan fingerprint density at radius 2 is 2.00 bits per heavy atom. The fourth-order valence-electron chi connectivity index (χ4n) is 3.80. The van der Waals surface area contributed by atoms with Crippen molar-refractivity contribution in [3.8, 4) is 6.07 Å². The number of rotatable bonds is 5. The lowest BCUT2D eigenvalue weighted by molar-refractivity contribution is -0.173. The number of nitrogens with zero attached hydrogens (tertiary/aromatic N) is 3. The molecule has 2 unspecified atom stereocenters. The van der Waals surface area contributed by atoms with E-state index >= 15 is 0 Å². The highest BCUT2D eigenvalue weighted by Crippen LogP contribution is 2.43. The third kappa shape index (κ3) is 5.12. The summed E-state index contributed by atoms with van der Waals surface area (Å²) < 4.78 is 42.4. The summed E-state index contributed by atoms with van der Waals surface area (Å²) in [6.07, 6.45) is -3.95. The minimum atomic E-state index is -4.55. The van der Waals surface area contributed by atoms with Gasteiger partial charge in [0.15, 0.2) is 11.7 Å². The van der Waals surface area contributed by atoms with Gasteiger partial charge in [-0.05, 0) is 41.8 Å². The molecule has 0 bridgehead atoms. The molecule has 2 N–H and O–H groups in total. The molecule has 0 fully saturated rings. The van der Waals surface area contributed by atoms with Gasteiger partial charge in [-0.2, -0.15) is 23.5 Å². The topological polar surface area (TPSA) is 82.7 Å². The normalized spacial score (nSPS) is 17.5. The first-order valence-corrected chi connectivity index (χ1v) is 10.6. The molecule has 3 aromatic rings. The second-order valence-electron chi connectivity index (χ2n) is 7.71. The average molecular weight is 474 g/mol. The van der Waals surface area contributed by atoms with Gasteiger partial charge >= 0.3 is 6.18 Å². The second-order valence-corrected chi connectivity index (χ2v) is 8.15. The van der Waals surface area contributed by atoms with Crippen molar-refractivity contribution >= 4 is 29.0 Å². The van der Waals surface area contributed by atoms with Gasteiger partial charge in [0, 0.05) is 29.6 Å². The van der Waals surface area contributed by atoms with Gasteiger partial charge in [0.25, 0.3) is 5.91 Å². The Labute approximate surface area is 193 Å². The van der Waals surface area contributed by atoms with Crippen LogP contribution in [0.25, 0.3) is 0 Å². The summed E-state index contributed by atoms with van der Waals surface area (Å²) in [6.45, 7) is 0. The Balaban J connectivity index is 1.59. The highest BCUT2D eigenvalue weighted by molar-refractivity contribution is 6.30. The molecule has 0 saturated heterocycles. The standard InChI is InChI=1S/C23H19ClF3N5O/c24-16-8-6-15(7-9-16)18-12-20(23(25,26)27)32-21(30-18)13-19(31-32)22(33)29-17-5-1-3-14(11-17)4-2-10-28/h1,3,5-9,11,13,18,20,30H,2,4,12H2,(H,29,33). The number of carbonyl (C=O) groups excluding carboxylic acids is 1. The third-order valence-electron chi connectivity index (χ3n) is 5.41. The lowest BCUT2D eigenvalue weighted by Gasteiger charge is -2.33. The maximum absolute atomic E-state index is 13.8. The average Bonchev–Trinajstić information content (AvgIpc) is 3.21. The molecule has 0 saturated carbocycles. The van der Waals surface area contributed by atoms with E-state index in [4.69, 9.17) is 16.9 Å². The number of anilines is 2. The Hall–Kier alpha value is -3.51. The summed E-state index contributed by atoms with van der Waals surface area (Å²) in [7, 11) is 0. The number of nitrogens with one attached hydrogen (secondary N) is 2. The Kier molecular flexibility index (Phi) is 6.29. The lowest BCUT2D eigenvalue weighted by atomic mass is 9.97. The zero-order valence-corrected chi connectivity index (χ0v) is 18.0. The number of alkyl halides is 3. The van der Waals surface area contributed by atoms with Gasteiger partial charge in [-0.25, -0.2) is 4.68 Å². The molecule has 170 valence electrons. The van der Waals surface area contributed by atoms with Crippen LogP contribution in [-0.2, 0) is 6.42 Å². The van der Waals surface area contributed by atoms with E-state index in [0.29, 0.717) is 29.1 Å². The molecule has 33 heavy (non-hydrogen) atoms. The van der Waals surface area contributed by atoms with Crippen molar-refractivity contribution in [3.63, 3.8) is 0 Å². The molecule has 2 atom stereocenters. The van der Waals surface area contributed by atoms with E-state index in [1.54, 1.807) is 42.5 Å². The first-order valence-electron chi connectivity index (χ1n) is 10.2. The molecule has 1 aliphatic heterocycles. The summed E-state index contributed by atoms with van der Waals surface area (Å²) in [5.74, 6) is -0.517. The molecular weight excluding hydrogens is 455 g/mol. The number of nitriles is 1. The van der Waals surface area contributed by atoms with Crippen molar-refractivity contribution in [2.75, 3.05) is 10.6 Å². The molecule has 1 aromatic heterocycles. The number of aromatic nitrogens is 2. The van der Waals surface area contributed by atoms with E-state index in [2.05, 4.69) is 21.8 Å². The Bertz CT molecular complexity index is 1200. The van der Waals surface area contributed by atoms with Crippen LogP contribution in [0.4, 0.5) is 24.7 Å². The van der Waals surface area contributed by atoms with E-state index in [9.17, 15) is 18.0 Å². The number of aryl methyl sites for hydroxylation is 1. The molecule has 1 aliphatic rings. The van der Waals surface area contributed by atoms with Crippen LogP contribution in [0.15, 0.2) is 54.6 Å². The van der Waals surface area contributed by atoms with E-state index in [1.165, 1.54) is 6.07 Å². The van der Waals surface area contributed by atoms with E-state index in [0.717, 1.165) is 10.2 Å². The molecule has 6 nitrogen and oxygen atoms in total. The van der Waals surface area contributed by atoms with Crippen LogP contribution in [0.1, 0.15) is 46.5 Å². The summed E-state index contributed by atoms with van der Waals surface area (Å²) in [4.78, 5) is 12.7. The van der Waals surface area contributed by atoms with Gasteiger partial charge in [-0.3, -0.25) is 4.79 Å². The van der Waals surface area contributed by atoms with Crippen LogP contribution >= 0.6 is 11.6 Å². The third-order valence-corrected chi connectivity index (χ3v) is 5.66. The van der Waals surface area contributed by atoms with Crippen LogP contribution in [0, 0.1) is 11.3 Å². The van der Waals surface area contributed by atoms with Gasteiger partial charge in [0.2, 0.25) is 0 Å². The SMILES string of the molecule is N#CCCc1cccc(NC(=O)c2cc3n(n2)C(C(F)(F)F)CC(c2ccc(Cl)cc2)N3)c1. The quantitative estimate of drug-likeness (QED) is 0.483. The van der Waals surface area contributed by atoms with E-state index in [1.807, 2.05) is 6.07 Å². The largest absolute Gasteiger partial charge is 0.410 e. The molecule has 2 aromatic carbocycles. The predicted molar refractivity (Wildman–Crippen MR) is 118 cm³/mol. The van der Waals surface area contributed by atoms with Crippen molar-refractivity contribution in [3.05, 3.63) is 76.4 Å². The van der Waals surface area contributed by atoms with Crippen molar-refractivity contribution in [1.29, 1.82) is 5.26 Å². The molecule has 0 radical (unpaired) electrons. The molecular formula is C23H19ClF3N5O. The van der Waals surface area contributed by atoms with Crippen molar-refractivity contribution < 1.29 is 18.0 Å². The number of hydrogen-bond donors (Lipinski definition) is 2. The van der Waals surface area contributed by atoms with E-state index in [-0.39, 0.29) is 17.9 Å². The lowest BCUT2D eigenvalue weighted by Crippen LogP contribution is -2.35. The monoisotopic (exact) mass is 473 g/mol. The zero-order chi connectivity index (χ0) is 23.6. The minimum absolute atomic E-state index is 0.108. The fraction of sp³-hybridized carbons (Fsp3) is 0.261. The summed E-state index contributed by atoms with van der Waals surface area (Å²) >= 11 is 5.90. The summed E-state index contributed by atoms with van der Waals surface area (Å²) in [5, 5.41) is 18.9. The predicted octanol–water partition coefficient (Wildman–Crippen LogP) is 5.91. The number of fused-ring (bicyclic) bond motifs is 1. The molecule has 10 heteroatoms. The highest BCUT2D eigenvalue weighted by Gasteiger charge is 2.46.